The molecule has 0 aliphatic rings. The fraction of sp³-hybridized carbons (Fsp3) is 0.0667. The highest BCUT2D eigenvalue weighted by Crippen LogP contribution is 2.30. The Balaban J connectivity index is 2.42. The summed E-state index contributed by atoms with van der Waals surface area (Å²) in [6.07, 6.45) is 1.15. The molecule has 0 saturated carbocycles. The van der Waals surface area contributed by atoms with Gasteiger partial charge in [0.1, 0.15) is 11.6 Å². The van der Waals surface area contributed by atoms with Crippen LogP contribution in [0.4, 0.5) is 10.8 Å². The van der Waals surface area contributed by atoms with Crippen LogP contribution in [-0.4, -0.2) is 22.0 Å². The van der Waals surface area contributed by atoms with Gasteiger partial charge in [-0.2, -0.15) is 5.26 Å². The zero-order valence-corrected chi connectivity index (χ0v) is 13.4. The van der Waals surface area contributed by atoms with Crippen molar-refractivity contribution in [2.75, 3.05) is 4.90 Å². The monoisotopic (exact) mass is 347 g/mol. The quantitative estimate of drug-likeness (QED) is 0.675. The molecule has 8 heteroatoms. The summed E-state index contributed by atoms with van der Waals surface area (Å²) in [4.78, 5) is 28.3. The smallest absolute Gasteiger partial charge is 0.346 e. The van der Waals surface area contributed by atoms with Gasteiger partial charge in [-0.05, 0) is 24.3 Å². The number of hydrogen-bond acceptors (Lipinski definition) is 5. The average molecular weight is 348 g/mol. The normalized spacial score (nSPS) is 10.9. The van der Waals surface area contributed by atoms with Gasteiger partial charge in [0.25, 0.3) is 0 Å². The van der Waals surface area contributed by atoms with E-state index in [2.05, 4.69) is 4.98 Å². The first kappa shape index (κ1) is 16.7. The number of aromatic nitrogens is 1. The number of amides is 1. The summed E-state index contributed by atoms with van der Waals surface area (Å²) in [5.74, 6) is -1.60. The Bertz CT molecular complexity index is 838. The van der Waals surface area contributed by atoms with Gasteiger partial charge < -0.3 is 5.11 Å². The highest BCUT2D eigenvalue weighted by Gasteiger charge is 2.18. The molecule has 1 amide bonds. The van der Waals surface area contributed by atoms with Crippen molar-refractivity contribution in [2.24, 2.45) is 0 Å². The molecule has 0 aliphatic heterocycles. The number of anilines is 2. The molecule has 0 aliphatic carbocycles. The van der Waals surface area contributed by atoms with Crippen LogP contribution in [-0.2, 0) is 9.59 Å². The summed E-state index contributed by atoms with van der Waals surface area (Å²) >= 11 is 7.10. The number of halogens is 1. The largest absolute Gasteiger partial charge is 0.477 e. The van der Waals surface area contributed by atoms with Gasteiger partial charge in [-0.1, -0.05) is 17.7 Å². The molecule has 116 valence electrons. The van der Waals surface area contributed by atoms with Gasteiger partial charge in [-0.25, -0.2) is 9.78 Å². The minimum atomic E-state index is -1.33. The van der Waals surface area contributed by atoms with Crippen LogP contribution in [0.2, 0.25) is 5.02 Å². The van der Waals surface area contributed by atoms with Crippen molar-refractivity contribution in [3.63, 3.8) is 0 Å². The topological polar surface area (TPSA) is 94.3 Å². The minimum Gasteiger partial charge on any atom is -0.477 e. The van der Waals surface area contributed by atoms with Crippen LogP contribution in [0.3, 0.4) is 0 Å². The Morgan fingerprint density at radius 1 is 1.48 bits per heavy atom. The third-order valence-corrected chi connectivity index (χ3v) is 3.80. The van der Waals surface area contributed by atoms with E-state index in [0.717, 1.165) is 17.4 Å². The Labute approximate surface area is 140 Å². The fourth-order valence-electron chi connectivity index (χ4n) is 1.78. The van der Waals surface area contributed by atoms with E-state index in [4.69, 9.17) is 22.0 Å². The van der Waals surface area contributed by atoms with E-state index in [-0.39, 0.29) is 11.6 Å². The highest BCUT2D eigenvalue weighted by atomic mass is 35.5. The van der Waals surface area contributed by atoms with Gasteiger partial charge in [0.15, 0.2) is 5.13 Å². The maximum atomic E-state index is 11.9. The number of carbonyl (C=O) groups is 2. The van der Waals surface area contributed by atoms with Crippen molar-refractivity contribution < 1.29 is 14.7 Å². The first-order chi connectivity index (χ1) is 10.9. The molecule has 0 saturated heterocycles. The van der Waals surface area contributed by atoms with Crippen molar-refractivity contribution in [1.82, 2.24) is 4.98 Å². The number of rotatable bonds is 4. The van der Waals surface area contributed by atoms with Gasteiger partial charge in [0, 0.05) is 17.3 Å². The molecule has 0 bridgehead atoms. The number of carbonyl (C=O) groups excluding carboxylic acids is 1. The molecule has 0 radical (unpaired) electrons. The van der Waals surface area contributed by atoms with Crippen LogP contribution < -0.4 is 4.90 Å². The Morgan fingerprint density at radius 2 is 2.22 bits per heavy atom. The van der Waals surface area contributed by atoms with E-state index < -0.39 is 11.5 Å². The van der Waals surface area contributed by atoms with Gasteiger partial charge in [-0.15, -0.1) is 11.3 Å². The summed E-state index contributed by atoms with van der Waals surface area (Å²) in [5.41, 5.74) is 0.407. The second kappa shape index (κ2) is 7.05. The molecule has 0 unspecified atom stereocenters. The average Bonchev–Trinajstić information content (AvgIpc) is 2.92. The second-order valence-electron chi connectivity index (χ2n) is 4.36. The number of nitriles is 1. The summed E-state index contributed by atoms with van der Waals surface area (Å²) in [7, 11) is 0. The lowest BCUT2D eigenvalue weighted by molar-refractivity contribution is -0.132. The van der Waals surface area contributed by atoms with Crippen LogP contribution in [0.1, 0.15) is 12.6 Å². The highest BCUT2D eigenvalue weighted by molar-refractivity contribution is 7.14. The standard InChI is InChI=1S/C15H10ClN3O3S/c1-9(20)19(13-4-2-3-11(16)6-13)15-18-12(8-23-15)5-10(7-17)14(21)22/h2-6,8H,1H3,(H,21,22)/b10-5-. The molecule has 1 heterocycles. The lowest BCUT2D eigenvalue weighted by Gasteiger charge is -2.18. The van der Waals surface area contributed by atoms with E-state index in [1.165, 1.54) is 11.8 Å². The summed E-state index contributed by atoms with van der Waals surface area (Å²) < 4.78 is 0. The van der Waals surface area contributed by atoms with E-state index in [1.807, 2.05) is 0 Å². The van der Waals surface area contributed by atoms with Crippen LogP contribution >= 0.6 is 22.9 Å². The summed E-state index contributed by atoms with van der Waals surface area (Å²) in [5, 5.41) is 20.0. The number of carboxylic acids is 1. The zero-order chi connectivity index (χ0) is 17.0. The predicted molar refractivity (Wildman–Crippen MR) is 87.6 cm³/mol. The number of aliphatic carboxylic acids is 1. The molecular weight excluding hydrogens is 338 g/mol. The molecule has 0 spiro atoms. The lowest BCUT2D eigenvalue weighted by Crippen LogP contribution is -2.22. The maximum absolute atomic E-state index is 11.9. The molecule has 1 aromatic heterocycles. The third kappa shape index (κ3) is 3.94. The van der Waals surface area contributed by atoms with Crippen LogP contribution in [0, 0.1) is 11.3 Å². The summed E-state index contributed by atoms with van der Waals surface area (Å²) in [6, 6.07) is 8.31. The van der Waals surface area contributed by atoms with Crippen LogP contribution in [0.25, 0.3) is 6.08 Å². The first-order valence-corrected chi connectivity index (χ1v) is 7.55. The minimum absolute atomic E-state index is 0.268. The van der Waals surface area contributed by atoms with Gasteiger partial charge in [-0.3, -0.25) is 9.69 Å². The van der Waals surface area contributed by atoms with Crippen LogP contribution in [0.5, 0.6) is 0 Å². The predicted octanol–water partition coefficient (Wildman–Crippen LogP) is 3.47. The van der Waals surface area contributed by atoms with Gasteiger partial charge in [0.2, 0.25) is 5.91 Å². The molecule has 0 atom stereocenters. The lowest BCUT2D eigenvalue weighted by atomic mass is 10.2. The van der Waals surface area contributed by atoms with Crippen molar-refractivity contribution in [3.8, 4) is 6.07 Å². The van der Waals surface area contributed by atoms with E-state index in [9.17, 15) is 9.59 Å². The molecular formula is C15H10ClN3O3S. The van der Waals surface area contributed by atoms with Crippen LogP contribution in [0.15, 0.2) is 35.2 Å². The van der Waals surface area contributed by atoms with E-state index >= 15 is 0 Å². The number of carboxylic acid groups (broad SMARTS) is 1. The van der Waals surface area contributed by atoms with Crippen molar-refractivity contribution >= 4 is 51.7 Å². The molecule has 0 fully saturated rings. The third-order valence-electron chi connectivity index (χ3n) is 2.73. The Kier molecular flexibility index (Phi) is 5.11. The van der Waals surface area contributed by atoms with E-state index in [1.54, 1.807) is 35.7 Å². The fourth-order valence-corrected chi connectivity index (χ4v) is 2.81. The number of nitrogens with zero attached hydrogens (tertiary/aromatic N) is 3. The van der Waals surface area contributed by atoms with Gasteiger partial charge >= 0.3 is 5.97 Å². The maximum Gasteiger partial charge on any atom is 0.346 e. The van der Waals surface area contributed by atoms with Crippen molar-refractivity contribution in [3.05, 3.63) is 45.9 Å². The number of benzene rings is 1. The second-order valence-corrected chi connectivity index (χ2v) is 5.64. The molecule has 6 nitrogen and oxygen atoms in total. The number of thiazole rings is 1. The Morgan fingerprint density at radius 3 is 2.78 bits per heavy atom. The van der Waals surface area contributed by atoms with E-state index in [0.29, 0.717) is 15.8 Å². The zero-order valence-electron chi connectivity index (χ0n) is 11.9. The molecule has 2 rings (SSSR count). The first-order valence-electron chi connectivity index (χ1n) is 6.29. The van der Waals surface area contributed by atoms with Crippen molar-refractivity contribution in [1.29, 1.82) is 5.26 Å². The SMILES string of the molecule is CC(=O)N(c1cccc(Cl)c1)c1nc(/C=C(/C#N)C(=O)O)cs1. The molecule has 1 N–H and O–H groups in total. The molecule has 2 aromatic rings. The summed E-state index contributed by atoms with van der Waals surface area (Å²) in [6.45, 7) is 1.38. The van der Waals surface area contributed by atoms with Gasteiger partial charge in [0.05, 0.1) is 11.4 Å². The Hall–Kier alpha value is -2.69. The number of hydrogen-bond donors (Lipinski definition) is 1. The molecule has 23 heavy (non-hydrogen) atoms. The molecule has 1 aromatic carbocycles. The van der Waals surface area contributed by atoms with Crippen molar-refractivity contribution in [2.45, 2.75) is 6.92 Å².